The van der Waals surface area contributed by atoms with Gasteiger partial charge in [0.25, 0.3) is 0 Å². The first-order valence-corrected chi connectivity index (χ1v) is 6.89. The van der Waals surface area contributed by atoms with Crippen LogP contribution in [0.4, 0.5) is 13.2 Å². The molecule has 20 heavy (non-hydrogen) atoms. The molecule has 0 aliphatic carbocycles. The molecule has 0 spiro atoms. The van der Waals surface area contributed by atoms with Gasteiger partial charge in [-0.1, -0.05) is 12.1 Å². The number of rotatable bonds is 5. The third-order valence-corrected chi connectivity index (χ3v) is 3.62. The van der Waals surface area contributed by atoms with Crippen LogP contribution in [0, 0.1) is 0 Å². The molecule has 0 aromatic heterocycles. The van der Waals surface area contributed by atoms with Gasteiger partial charge >= 0.3 is 6.18 Å². The maximum absolute atomic E-state index is 12.4. The fraction of sp³-hybridized carbons (Fsp3) is 0.533. The molecule has 5 heteroatoms. The monoisotopic (exact) mass is 285 g/mol. The first-order chi connectivity index (χ1) is 9.47. The van der Waals surface area contributed by atoms with Crippen LogP contribution in [0.25, 0.3) is 0 Å². The van der Waals surface area contributed by atoms with E-state index >= 15 is 0 Å². The Morgan fingerprint density at radius 3 is 2.50 bits per heavy atom. The summed E-state index contributed by atoms with van der Waals surface area (Å²) in [4.78, 5) is 11.8. The van der Waals surface area contributed by atoms with Crippen LogP contribution in [0.5, 0.6) is 0 Å². The van der Waals surface area contributed by atoms with Gasteiger partial charge < -0.3 is 5.32 Å². The summed E-state index contributed by atoms with van der Waals surface area (Å²) < 4.78 is 37.2. The average molecular weight is 285 g/mol. The van der Waals surface area contributed by atoms with Gasteiger partial charge in [0.2, 0.25) is 0 Å². The normalized spacial score (nSPS) is 19.2. The van der Waals surface area contributed by atoms with Crippen LogP contribution >= 0.6 is 0 Å². The second-order valence-corrected chi connectivity index (χ2v) is 5.16. The number of ketones is 1. The lowest BCUT2D eigenvalue weighted by Crippen LogP contribution is -2.30. The van der Waals surface area contributed by atoms with Gasteiger partial charge in [-0.2, -0.15) is 13.2 Å². The maximum atomic E-state index is 12.4. The molecule has 2 rings (SSSR count). The summed E-state index contributed by atoms with van der Waals surface area (Å²) in [5, 5.41) is 3.15. The van der Waals surface area contributed by atoms with E-state index in [0.717, 1.165) is 37.1 Å². The van der Waals surface area contributed by atoms with Crippen molar-refractivity contribution in [3.63, 3.8) is 0 Å². The fourth-order valence-corrected chi connectivity index (χ4v) is 2.46. The van der Waals surface area contributed by atoms with Gasteiger partial charge in [0.05, 0.1) is 11.6 Å². The average Bonchev–Trinajstić information content (AvgIpc) is 2.92. The number of halogens is 3. The number of carbonyl (C=O) groups excluding carboxylic acids is 1. The number of benzene rings is 1. The third-order valence-electron chi connectivity index (χ3n) is 3.62. The van der Waals surface area contributed by atoms with Crippen molar-refractivity contribution in [1.29, 1.82) is 0 Å². The molecule has 1 atom stereocenters. The molecule has 1 saturated heterocycles. The van der Waals surface area contributed by atoms with Crippen LogP contribution in [0.2, 0.25) is 0 Å². The highest BCUT2D eigenvalue weighted by atomic mass is 19.4. The van der Waals surface area contributed by atoms with Gasteiger partial charge in [-0.3, -0.25) is 4.79 Å². The van der Waals surface area contributed by atoms with Gasteiger partial charge in [-0.05, 0) is 49.9 Å². The quantitative estimate of drug-likeness (QED) is 0.899. The summed E-state index contributed by atoms with van der Waals surface area (Å²) in [5.41, 5.74) is 0.206. The second-order valence-electron chi connectivity index (χ2n) is 5.16. The second kappa shape index (κ2) is 6.39. The van der Waals surface area contributed by atoms with Crippen LogP contribution in [-0.2, 0) is 17.4 Å². The predicted molar refractivity (Wildman–Crippen MR) is 70.4 cm³/mol. The Bertz CT molecular complexity index is 447. The molecular weight excluding hydrogens is 267 g/mol. The maximum Gasteiger partial charge on any atom is 0.416 e. The van der Waals surface area contributed by atoms with E-state index in [0.29, 0.717) is 19.3 Å². The van der Waals surface area contributed by atoms with E-state index in [2.05, 4.69) is 5.32 Å². The van der Waals surface area contributed by atoms with Gasteiger partial charge in [0, 0.05) is 6.42 Å². The Labute approximate surface area is 116 Å². The number of hydrogen-bond donors (Lipinski definition) is 1. The van der Waals surface area contributed by atoms with Gasteiger partial charge in [0.15, 0.2) is 0 Å². The van der Waals surface area contributed by atoms with Crippen molar-refractivity contribution in [2.45, 2.75) is 44.3 Å². The zero-order valence-corrected chi connectivity index (χ0v) is 11.2. The van der Waals surface area contributed by atoms with E-state index in [4.69, 9.17) is 0 Å². The number of carbonyl (C=O) groups is 1. The molecule has 0 unspecified atom stereocenters. The molecule has 1 heterocycles. The van der Waals surface area contributed by atoms with Crippen LogP contribution in [0.1, 0.15) is 36.8 Å². The van der Waals surface area contributed by atoms with Crippen LogP contribution in [-0.4, -0.2) is 18.4 Å². The van der Waals surface area contributed by atoms with Crippen molar-refractivity contribution in [3.8, 4) is 0 Å². The van der Waals surface area contributed by atoms with Crippen molar-refractivity contribution in [3.05, 3.63) is 35.4 Å². The summed E-state index contributed by atoms with van der Waals surface area (Å²) >= 11 is 0. The van der Waals surface area contributed by atoms with E-state index in [9.17, 15) is 18.0 Å². The zero-order valence-electron chi connectivity index (χ0n) is 11.2. The van der Waals surface area contributed by atoms with E-state index in [1.54, 1.807) is 0 Å². The number of hydrogen-bond acceptors (Lipinski definition) is 2. The minimum atomic E-state index is -4.29. The van der Waals surface area contributed by atoms with Crippen molar-refractivity contribution in [2.75, 3.05) is 6.54 Å². The van der Waals surface area contributed by atoms with Crippen molar-refractivity contribution in [2.24, 2.45) is 0 Å². The van der Waals surface area contributed by atoms with Crippen LogP contribution in [0.3, 0.4) is 0 Å². The van der Waals surface area contributed by atoms with E-state index in [1.165, 1.54) is 12.1 Å². The highest BCUT2D eigenvalue weighted by Crippen LogP contribution is 2.29. The highest BCUT2D eigenvalue weighted by molar-refractivity contribution is 5.84. The van der Waals surface area contributed by atoms with Gasteiger partial charge in [-0.25, -0.2) is 0 Å². The van der Waals surface area contributed by atoms with Gasteiger partial charge in [-0.15, -0.1) is 0 Å². The summed E-state index contributed by atoms with van der Waals surface area (Å²) in [6.07, 6.45) is -0.547. The van der Waals surface area contributed by atoms with Crippen molar-refractivity contribution < 1.29 is 18.0 Å². The molecule has 0 bridgehead atoms. The van der Waals surface area contributed by atoms with Crippen LogP contribution < -0.4 is 5.32 Å². The largest absolute Gasteiger partial charge is 0.416 e. The minimum Gasteiger partial charge on any atom is -0.307 e. The Kier molecular flexibility index (Phi) is 4.81. The highest BCUT2D eigenvalue weighted by Gasteiger charge is 2.29. The summed E-state index contributed by atoms with van der Waals surface area (Å²) in [6.45, 7) is 0.898. The fourth-order valence-electron chi connectivity index (χ4n) is 2.46. The summed E-state index contributed by atoms with van der Waals surface area (Å²) in [6, 6.07) is 5.15. The lowest BCUT2D eigenvalue weighted by atomic mass is 10.0. The zero-order chi connectivity index (χ0) is 14.6. The number of Topliss-reactive ketones (excluding diaryl/α,β-unsaturated/α-hetero) is 1. The van der Waals surface area contributed by atoms with Crippen LogP contribution in [0.15, 0.2) is 24.3 Å². The molecule has 1 aliphatic heterocycles. The SMILES string of the molecule is O=C(CCCc1ccc(C(F)(F)F)cc1)[C@@H]1CCCN1. The molecule has 1 N–H and O–H groups in total. The van der Waals surface area contributed by atoms with Crippen molar-refractivity contribution in [1.82, 2.24) is 5.32 Å². The van der Waals surface area contributed by atoms with E-state index in [-0.39, 0.29) is 11.8 Å². The van der Waals surface area contributed by atoms with Gasteiger partial charge in [0.1, 0.15) is 5.78 Å². The molecule has 0 amide bonds. The third kappa shape index (κ3) is 4.07. The Morgan fingerprint density at radius 1 is 1.25 bits per heavy atom. The number of aryl methyl sites for hydroxylation is 1. The summed E-state index contributed by atoms with van der Waals surface area (Å²) in [7, 11) is 0. The Balaban J connectivity index is 1.78. The molecule has 0 saturated carbocycles. The first-order valence-electron chi connectivity index (χ1n) is 6.89. The van der Waals surface area contributed by atoms with E-state index < -0.39 is 11.7 Å². The topological polar surface area (TPSA) is 29.1 Å². The predicted octanol–water partition coefficient (Wildman–Crippen LogP) is 3.35. The summed E-state index contributed by atoms with van der Waals surface area (Å²) in [5.74, 6) is 0.217. The standard InChI is InChI=1S/C15H18F3NO/c16-15(17,18)12-8-6-11(7-9-12)3-1-5-14(20)13-4-2-10-19-13/h6-9,13,19H,1-5,10H2/t13-/m0/s1. The lowest BCUT2D eigenvalue weighted by molar-refractivity contribution is -0.137. The molecule has 2 nitrogen and oxygen atoms in total. The molecular formula is C15H18F3NO. The van der Waals surface area contributed by atoms with E-state index in [1.807, 2.05) is 0 Å². The molecule has 110 valence electrons. The smallest absolute Gasteiger partial charge is 0.307 e. The lowest BCUT2D eigenvalue weighted by Gasteiger charge is -2.09. The minimum absolute atomic E-state index is 0.0115. The molecule has 1 aliphatic rings. The number of alkyl halides is 3. The number of nitrogens with one attached hydrogen (secondary N) is 1. The molecule has 1 aromatic carbocycles. The van der Waals surface area contributed by atoms with Crippen molar-refractivity contribution >= 4 is 5.78 Å². The molecule has 1 fully saturated rings. The molecule has 0 radical (unpaired) electrons. The Hall–Kier alpha value is -1.36. The first kappa shape index (κ1) is 15.0. The Morgan fingerprint density at radius 2 is 1.95 bits per heavy atom. The molecule has 1 aromatic rings.